The van der Waals surface area contributed by atoms with Crippen molar-refractivity contribution in [2.75, 3.05) is 0 Å². The summed E-state index contributed by atoms with van der Waals surface area (Å²) in [6.07, 6.45) is 1.90. The summed E-state index contributed by atoms with van der Waals surface area (Å²) in [5.41, 5.74) is 0.674. The molecule has 1 aromatic rings. The van der Waals surface area contributed by atoms with Crippen molar-refractivity contribution in [2.45, 2.75) is 0 Å². The first kappa shape index (κ1) is 9.30. The molecule has 0 unspecified atom stereocenters. The van der Waals surface area contributed by atoms with Crippen molar-refractivity contribution in [3.05, 3.63) is 40.9 Å². The Kier molecular flexibility index (Phi) is 3.32. The summed E-state index contributed by atoms with van der Waals surface area (Å²) in [6.45, 7) is 0. The van der Waals surface area contributed by atoms with E-state index in [9.17, 15) is 4.79 Å². The van der Waals surface area contributed by atoms with E-state index < -0.39 is 0 Å². The summed E-state index contributed by atoms with van der Waals surface area (Å²) < 4.78 is 0. The van der Waals surface area contributed by atoms with Crippen LogP contribution in [0.1, 0.15) is 5.56 Å². The Morgan fingerprint density at radius 3 is 2.58 bits per heavy atom. The molecule has 0 amide bonds. The van der Waals surface area contributed by atoms with Gasteiger partial charge in [-0.05, 0) is 12.1 Å². The predicted octanol–water partition coefficient (Wildman–Crippen LogP) is 3.12. The van der Waals surface area contributed by atoms with Crippen LogP contribution in [-0.4, -0.2) is 6.29 Å². The molecule has 0 heterocycles. The molecule has 0 aliphatic heterocycles. The molecule has 3 heteroatoms. The van der Waals surface area contributed by atoms with E-state index in [0.29, 0.717) is 21.9 Å². The minimum absolute atomic E-state index is 0.357. The number of benzene rings is 1. The Morgan fingerprint density at radius 1 is 1.33 bits per heavy atom. The van der Waals surface area contributed by atoms with E-state index >= 15 is 0 Å². The molecule has 0 saturated carbocycles. The van der Waals surface area contributed by atoms with Crippen LogP contribution < -0.4 is 0 Å². The molecule has 0 fully saturated rings. The number of carbonyl (C=O) groups excluding carboxylic acids is 1. The van der Waals surface area contributed by atoms with Gasteiger partial charge in [0.25, 0.3) is 0 Å². The minimum Gasteiger partial charge on any atom is -0.299 e. The van der Waals surface area contributed by atoms with Crippen LogP contribution in [-0.2, 0) is 4.79 Å². The smallest absolute Gasteiger partial charge is 0.144 e. The van der Waals surface area contributed by atoms with Gasteiger partial charge in [0, 0.05) is 10.6 Å². The number of carbonyl (C=O) groups is 1. The summed E-state index contributed by atoms with van der Waals surface area (Å²) in [7, 11) is 0. The standard InChI is InChI=1S/C9H6Cl2O/c10-8-4-2-1-3-7(8)9(11)5-6-12/h1-6H. The molecule has 0 aliphatic rings. The molecule has 12 heavy (non-hydrogen) atoms. The lowest BCUT2D eigenvalue weighted by Crippen LogP contribution is -1.78. The molecule has 1 rings (SSSR count). The molecule has 0 atom stereocenters. The minimum atomic E-state index is 0.357. The fraction of sp³-hybridized carbons (Fsp3) is 0. The fourth-order valence-corrected chi connectivity index (χ4v) is 1.31. The molecule has 0 radical (unpaired) electrons. The second kappa shape index (κ2) is 4.29. The maximum absolute atomic E-state index is 10.1. The summed E-state index contributed by atoms with van der Waals surface area (Å²) in [4.78, 5) is 10.1. The molecule has 62 valence electrons. The number of hydrogen-bond acceptors (Lipinski definition) is 1. The topological polar surface area (TPSA) is 17.1 Å². The molecule has 0 spiro atoms. The Labute approximate surface area is 80.6 Å². The third kappa shape index (κ3) is 2.10. The molecule has 0 bridgehead atoms. The van der Waals surface area contributed by atoms with E-state index in [1.165, 1.54) is 6.08 Å². The van der Waals surface area contributed by atoms with E-state index in [1.54, 1.807) is 18.2 Å². The van der Waals surface area contributed by atoms with Crippen LogP contribution in [0.15, 0.2) is 30.3 Å². The maximum atomic E-state index is 10.1. The van der Waals surface area contributed by atoms with Gasteiger partial charge >= 0.3 is 0 Å². The van der Waals surface area contributed by atoms with E-state index in [2.05, 4.69) is 0 Å². The number of aldehydes is 1. The molecular formula is C9H6Cl2O. The van der Waals surface area contributed by atoms with Crippen LogP contribution in [0, 0.1) is 0 Å². The van der Waals surface area contributed by atoms with Gasteiger partial charge in [0.1, 0.15) is 6.29 Å². The second-order valence-electron chi connectivity index (χ2n) is 2.13. The van der Waals surface area contributed by atoms with Crippen molar-refractivity contribution in [3.63, 3.8) is 0 Å². The molecular weight excluding hydrogens is 195 g/mol. The van der Waals surface area contributed by atoms with Crippen LogP contribution in [0.25, 0.3) is 5.03 Å². The largest absolute Gasteiger partial charge is 0.299 e. The lowest BCUT2D eigenvalue weighted by molar-refractivity contribution is -0.104. The Morgan fingerprint density at radius 2 is 2.00 bits per heavy atom. The van der Waals surface area contributed by atoms with Crippen LogP contribution in [0.2, 0.25) is 5.02 Å². The van der Waals surface area contributed by atoms with Crippen LogP contribution in [0.3, 0.4) is 0 Å². The van der Waals surface area contributed by atoms with Crippen molar-refractivity contribution >= 4 is 34.5 Å². The van der Waals surface area contributed by atoms with E-state index in [0.717, 1.165) is 0 Å². The highest BCUT2D eigenvalue weighted by molar-refractivity contribution is 6.51. The highest BCUT2D eigenvalue weighted by Crippen LogP contribution is 2.25. The Bertz CT molecular complexity index is 318. The maximum Gasteiger partial charge on any atom is 0.144 e. The van der Waals surface area contributed by atoms with Crippen molar-refractivity contribution in [1.29, 1.82) is 0 Å². The van der Waals surface area contributed by atoms with Crippen LogP contribution in [0.4, 0.5) is 0 Å². The zero-order valence-electron chi connectivity index (χ0n) is 6.13. The van der Waals surface area contributed by atoms with Gasteiger partial charge in [-0.25, -0.2) is 0 Å². The van der Waals surface area contributed by atoms with Crippen molar-refractivity contribution in [1.82, 2.24) is 0 Å². The van der Waals surface area contributed by atoms with E-state index in [4.69, 9.17) is 23.2 Å². The molecule has 0 aliphatic carbocycles. The monoisotopic (exact) mass is 200 g/mol. The SMILES string of the molecule is O=CC=C(Cl)c1ccccc1Cl. The third-order valence-corrected chi connectivity index (χ3v) is 2.00. The molecule has 0 aromatic heterocycles. The van der Waals surface area contributed by atoms with Gasteiger partial charge in [0.05, 0.1) is 5.03 Å². The second-order valence-corrected chi connectivity index (χ2v) is 2.94. The quantitative estimate of drug-likeness (QED) is 0.530. The van der Waals surface area contributed by atoms with Crippen molar-refractivity contribution in [3.8, 4) is 0 Å². The number of hydrogen-bond donors (Lipinski definition) is 0. The lowest BCUT2D eigenvalue weighted by atomic mass is 10.2. The normalized spacial score (nSPS) is 11.3. The molecule has 1 aromatic carbocycles. The average molecular weight is 201 g/mol. The van der Waals surface area contributed by atoms with Crippen molar-refractivity contribution < 1.29 is 4.79 Å². The third-order valence-electron chi connectivity index (χ3n) is 1.35. The van der Waals surface area contributed by atoms with Crippen LogP contribution >= 0.6 is 23.2 Å². The summed E-state index contributed by atoms with van der Waals surface area (Å²) in [5.74, 6) is 0. The molecule has 1 nitrogen and oxygen atoms in total. The number of halogens is 2. The summed E-state index contributed by atoms with van der Waals surface area (Å²) in [6, 6.07) is 7.09. The van der Waals surface area contributed by atoms with Gasteiger partial charge in [-0.15, -0.1) is 0 Å². The fourth-order valence-electron chi connectivity index (χ4n) is 0.804. The summed E-state index contributed by atoms with van der Waals surface area (Å²) >= 11 is 11.6. The van der Waals surface area contributed by atoms with Gasteiger partial charge in [-0.2, -0.15) is 0 Å². The predicted molar refractivity (Wildman–Crippen MR) is 51.3 cm³/mol. The van der Waals surface area contributed by atoms with Gasteiger partial charge < -0.3 is 0 Å². The first-order valence-corrected chi connectivity index (χ1v) is 4.07. The Hall–Kier alpha value is -0.790. The average Bonchev–Trinajstić information content (AvgIpc) is 2.05. The van der Waals surface area contributed by atoms with E-state index in [-0.39, 0.29) is 0 Å². The first-order chi connectivity index (χ1) is 5.75. The number of allylic oxidation sites excluding steroid dienone is 1. The zero-order chi connectivity index (χ0) is 8.97. The molecule has 0 N–H and O–H groups in total. The zero-order valence-corrected chi connectivity index (χ0v) is 7.64. The van der Waals surface area contributed by atoms with Gasteiger partial charge in [0.15, 0.2) is 0 Å². The van der Waals surface area contributed by atoms with Gasteiger partial charge in [-0.3, -0.25) is 4.79 Å². The lowest BCUT2D eigenvalue weighted by Gasteiger charge is -1.99. The van der Waals surface area contributed by atoms with E-state index in [1.807, 2.05) is 6.07 Å². The molecule has 0 saturated heterocycles. The number of rotatable bonds is 2. The van der Waals surface area contributed by atoms with Gasteiger partial charge in [0.2, 0.25) is 0 Å². The van der Waals surface area contributed by atoms with Crippen molar-refractivity contribution in [2.24, 2.45) is 0 Å². The summed E-state index contributed by atoms with van der Waals surface area (Å²) in [5, 5.41) is 0.899. The van der Waals surface area contributed by atoms with Crippen LogP contribution in [0.5, 0.6) is 0 Å². The highest BCUT2D eigenvalue weighted by Gasteiger charge is 2.01. The van der Waals surface area contributed by atoms with Gasteiger partial charge in [-0.1, -0.05) is 41.4 Å². The first-order valence-electron chi connectivity index (χ1n) is 3.31. The highest BCUT2D eigenvalue weighted by atomic mass is 35.5. The Balaban J connectivity index is 3.10.